The maximum atomic E-state index is 9.22. The maximum Gasteiger partial charge on any atom is 0.136 e. The first-order chi connectivity index (χ1) is 26.2. The summed E-state index contributed by atoms with van der Waals surface area (Å²) in [6.07, 6.45) is 0. The summed E-state index contributed by atoms with van der Waals surface area (Å²) in [4.78, 5) is 0. The van der Waals surface area contributed by atoms with Crippen molar-refractivity contribution in [3.8, 4) is 28.0 Å². The lowest BCUT2D eigenvalue weighted by Crippen LogP contribution is -2.02. The summed E-state index contributed by atoms with van der Waals surface area (Å²) in [7, 11) is 0. The fraction of sp³-hybridized carbons (Fsp3) is 0.0500. The minimum Gasteiger partial charge on any atom is -0.492 e. The highest BCUT2D eigenvalue weighted by Gasteiger charge is 2.30. The molecule has 7 aromatic carbocycles. The predicted molar refractivity (Wildman–Crippen MR) is 173 cm³/mol. The van der Waals surface area contributed by atoms with E-state index in [2.05, 4.69) is 0 Å². The minimum absolute atomic E-state index is 0.0400. The summed E-state index contributed by atoms with van der Waals surface area (Å²) in [5.41, 5.74) is 2.56. The lowest BCUT2D eigenvalue weighted by Gasteiger charge is -2.17. The average molecular weight is 552 g/mol. The van der Waals surface area contributed by atoms with Crippen LogP contribution in [0.25, 0.3) is 65.7 Å². The van der Waals surface area contributed by atoms with E-state index in [4.69, 9.17) is 24.2 Å². The van der Waals surface area contributed by atoms with E-state index in [1.807, 2.05) is 42.5 Å². The summed E-state index contributed by atoms with van der Waals surface area (Å²) in [5.74, 6) is 0.648. The Morgan fingerprint density at radius 1 is 0.571 bits per heavy atom. The molecule has 0 saturated carbocycles. The van der Waals surface area contributed by atoms with Crippen molar-refractivity contribution >= 4 is 43.5 Å². The Balaban J connectivity index is 1.46. The normalized spacial score (nSPS) is 18.9. The van der Waals surface area contributed by atoms with Crippen LogP contribution in [0.5, 0.6) is 5.75 Å². The molecule has 1 aliphatic heterocycles. The van der Waals surface area contributed by atoms with Crippen LogP contribution in [0.1, 0.15) is 34.9 Å². The van der Waals surface area contributed by atoms with Crippen LogP contribution < -0.4 is 4.74 Å². The summed E-state index contributed by atoms with van der Waals surface area (Å²) in [6, 6.07) is 10.4. The fourth-order valence-electron chi connectivity index (χ4n) is 6.25. The molecule has 0 saturated heterocycles. The van der Waals surface area contributed by atoms with Crippen molar-refractivity contribution in [2.24, 2.45) is 0 Å². The van der Waals surface area contributed by atoms with Crippen LogP contribution in [0.3, 0.4) is 0 Å². The predicted octanol–water partition coefficient (Wildman–Crippen LogP) is 10.8. The average Bonchev–Trinajstić information content (AvgIpc) is 3.80. The molecule has 1 atom stereocenters. The van der Waals surface area contributed by atoms with Crippen molar-refractivity contribution < 1.29 is 27.0 Å². The second-order valence-corrected chi connectivity index (χ2v) is 10.2. The molecule has 0 fully saturated rings. The highest BCUT2D eigenvalue weighted by Crippen LogP contribution is 2.48. The molecule has 1 aromatic heterocycles. The third-order valence-corrected chi connectivity index (χ3v) is 8.01. The molecule has 1 aliphatic rings. The van der Waals surface area contributed by atoms with Crippen molar-refractivity contribution in [1.29, 1.82) is 0 Å². The third kappa shape index (κ3) is 3.39. The number of hydrogen-bond acceptors (Lipinski definition) is 2. The van der Waals surface area contributed by atoms with Gasteiger partial charge in [-0.05, 0) is 73.6 Å². The van der Waals surface area contributed by atoms with Crippen LogP contribution in [-0.4, -0.2) is 6.61 Å². The first-order valence-corrected chi connectivity index (χ1v) is 13.4. The topological polar surface area (TPSA) is 22.4 Å². The third-order valence-electron chi connectivity index (χ3n) is 8.01. The summed E-state index contributed by atoms with van der Waals surface area (Å²) < 4.78 is 127. The summed E-state index contributed by atoms with van der Waals surface area (Å²) >= 11 is 0. The smallest absolute Gasteiger partial charge is 0.136 e. The first kappa shape index (κ1) is 14.0. The van der Waals surface area contributed by atoms with Crippen molar-refractivity contribution in [2.45, 2.75) is 5.92 Å². The maximum absolute atomic E-state index is 9.22. The molecular weight excluding hydrogens is 512 g/mol. The number of benzene rings is 7. The van der Waals surface area contributed by atoms with E-state index in [-0.39, 0.29) is 38.6 Å². The monoisotopic (exact) mass is 551 g/mol. The highest BCUT2D eigenvalue weighted by molar-refractivity contribution is 6.22. The van der Waals surface area contributed by atoms with Gasteiger partial charge in [-0.15, -0.1) is 0 Å². The van der Waals surface area contributed by atoms with Crippen LogP contribution >= 0.6 is 0 Å². The Kier molecular flexibility index (Phi) is 3.03. The van der Waals surface area contributed by atoms with Crippen LogP contribution in [0.2, 0.25) is 0 Å². The van der Waals surface area contributed by atoms with E-state index in [1.54, 1.807) is 18.2 Å². The minimum atomic E-state index is -0.718. The van der Waals surface area contributed by atoms with Gasteiger partial charge in [0.05, 0.1) is 24.4 Å². The first-order valence-electron chi connectivity index (χ1n) is 19.9. The molecule has 9 rings (SSSR count). The standard InChI is InChI=1S/C40H26O2/c1-3-11-25(12-4-1)33-24-41-34-21-22-35-39(40(33)34)32-20-19-27(23-36(32)42-35)38-30-17-9-7-15-28(30)37(26-13-5-2-6-14-26)29-16-8-10-18-31(29)38/h1-23,33H,24H2/i2D,5D,6D,7D,8D,9D,10D,13D,14D,15D,16D,17D,18D. The molecule has 2 nitrogen and oxygen atoms in total. The van der Waals surface area contributed by atoms with Crippen LogP contribution in [0.4, 0.5) is 0 Å². The van der Waals surface area contributed by atoms with Gasteiger partial charge in [-0.2, -0.15) is 0 Å². The SMILES string of the molecule is [2H]c1c([2H])c([2H])c(-c2c3c([2H])c([2H])c([2H])c([2H])c3c(-c3ccc4c(c3)oc3ccc5c(c34)C(c3ccccc3)CO5)c3c([2H])c([2H])c([2H])c([2H])c23)c([2H])c1[2H]. The molecule has 2 heteroatoms. The molecule has 0 aliphatic carbocycles. The van der Waals surface area contributed by atoms with Gasteiger partial charge in [0.15, 0.2) is 0 Å². The molecule has 8 aromatic rings. The Labute approximate surface area is 261 Å². The zero-order chi connectivity index (χ0) is 38.9. The lowest BCUT2D eigenvalue weighted by atomic mass is 9.85. The van der Waals surface area contributed by atoms with E-state index in [1.165, 1.54) is 0 Å². The molecule has 198 valence electrons. The van der Waals surface area contributed by atoms with E-state index in [0.717, 1.165) is 27.6 Å². The molecule has 0 radical (unpaired) electrons. The van der Waals surface area contributed by atoms with Gasteiger partial charge in [0, 0.05) is 22.3 Å². The van der Waals surface area contributed by atoms with Gasteiger partial charge in [-0.1, -0.05) is 115 Å². The molecule has 0 bridgehead atoms. The van der Waals surface area contributed by atoms with Gasteiger partial charge in [0.1, 0.15) is 16.9 Å². The highest BCUT2D eigenvalue weighted by atomic mass is 16.5. The molecular formula is C40H26O2. The van der Waals surface area contributed by atoms with E-state index >= 15 is 0 Å². The number of ether oxygens (including phenoxy) is 1. The number of hydrogen-bond donors (Lipinski definition) is 0. The van der Waals surface area contributed by atoms with Crippen molar-refractivity contribution in [1.82, 2.24) is 0 Å². The largest absolute Gasteiger partial charge is 0.492 e. The fourth-order valence-corrected chi connectivity index (χ4v) is 6.25. The van der Waals surface area contributed by atoms with E-state index in [9.17, 15) is 2.74 Å². The van der Waals surface area contributed by atoms with Crippen LogP contribution in [0.15, 0.2) is 144 Å². The van der Waals surface area contributed by atoms with Crippen LogP contribution in [0, 0.1) is 0 Å². The lowest BCUT2D eigenvalue weighted by molar-refractivity contribution is 0.343. The Morgan fingerprint density at radius 3 is 1.90 bits per heavy atom. The van der Waals surface area contributed by atoms with Crippen LogP contribution in [-0.2, 0) is 0 Å². The summed E-state index contributed by atoms with van der Waals surface area (Å²) in [6.45, 7) is 0.436. The van der Waals surface area contributed by atoms with E-state index in [0.29, 0.717) is 23.3 Å². The molecule has 0 spiro atoms. The van der Waals surface area contributed by atoms with Gasteiger partial charge in [0.2, 0.25) is 0 Å². The Bertz CT molecular complexity index is 2920. The second-order valence-electron chi connectivity index (χ2n) is 10.2. The van der Waals surface area contributed by atoms with Crippen molar-refractivity contribution in [3.05, 3.63) is 150 Å². The van der Waals surface area contributed by atoms with Gasteiger partial charge in [0.25, 0.3) is 0 Å². The Morgan fingerprint density at radius 2 is 1.21 bits per heavy atom. The van der Waals surface area contributed by atoms with Gasteiger partial charge >= 0.3 is 0 Å². The van der Waals surface area contributed by atoms with Gasteiger partial charge in [-0.3, -0.25) is 0 Å². The van der Waals surface area contributed by atoms with Crippen molar-refractivity contribution in [3.63, 3.8) is 0 Å². The second kappa shape index (κ2) is 9.09. The van der Waals surface area contributed by atoms with Gasteiger partial charge < -0.3 is 9.15 Å². The number of furan rings is 1. The van der Waals surface area contributed by atoms with Gasteiger partial charge in [-0.25, -0.2) is 0 Å². The Hall–Kier alpha value is -5.34. The number of fused-ring (bicyclic) bond motifs is 7. The zero-order valence-corrected chi connectivity index (χ0v) is 21.9. The van der Waals surface area contributed by atoms with Crippen molar-refractivity contribution in [2.75, 3.05) is 6.61 Å². The number of rotatable bonds is 3. The summed E-state index contributed by atoms with van der Waals surface area (Å²) in [5, 5.41) is 0.735. The molecule has 2 heterocycles. The molecule has 0 N–H and O–H groups in total. The quantitative estimate of drug-likeness (QED) is 0.204. The molecule has 42 heavy (non-hydrogen) atoms. The van der Waals surface area contributed by atoms with E-state index < -0.39 is 84.1 Å². The molecule has 1 unspecified atom stereocenters. The molecule has 0 amide bonds. The zero-order valence-electron chi connectivity index (χ0n) is 34.9.